The van der Waals surface area contributed by atoms with Gasteiger partial charge in [-0.15, -0.1) is 0 Å². The number of rotatable bonds is 6. The van der Waals surface area contributed by atoms with Crippen molar-refractivity contribution in [2.45, 2.75) is 52.6 Å². The maximum absolute atomic E-state index is 10.3. The van der Waals surface area contributed by atoms with E-state index in [-0.39, 0.29) is 11.8 Å². The molecule has 0 heterocycles. The van der Waals surface area contributed by atoms with Crippen LogP contribution in [-0.4, -0.2) is 46.0 Å². The first-order valence-electron chi connectivity index (χ1n) is 6.15. The van der Waals surface area contributed by atoms with Crippen LogP contribution in [0.15, 0.2) is 0 Å². The van der Waals surface area contributed by atoms with Gasteiger partial charge in [-0.25, -0.2) is 9.59 Å². The molecule has 116 valence electrons. The van der Waals surface area contributed by atoms with Crippen LogP contribution in [0, 0.1) is 0 Å². The Morgan fingerprint density at radius 3 is 1.10 bits per heavy atom. The van der Waals surface area contributed by atoms with E-state index in [0.717, 1.165) is 0 Å². The van der Waals surface area contributed by atoms with Crippen molar-refractivity contribution in [2.24, 2.45) is 0 Å². The highest BCUT2D eigenvalue weighted by molar-refractivity contribution is 5.82. The van der Waals surface area contributed by atoms with Crippen molar-refractivity contribution in [3.8, 4) is 0 Å². The summed E-state index contributed by atoms with van der Waals surface area (Å²) in [6, 6.07) is -1.48. The molecule has 0 rings (SSSR count). The van der Waals surface area contributed by atoms with Crippen LogP contribution >= 0.6 is 0 Å². The number of carbonyl (C=O) groups is 4. The highest BCUT2D eigenvalue weighted by Crippen LogP contribution is 1.90. The molecule has 0 fully saturated rings. The van der Waals surface area contributed by atoms with Gasteiger partial charge >= 0.3 is 11.9 Å². The summed E-state index contributed by atoms with van der Waals surface area (Å²) in [7, 11) is 0. The molecule has 20 heavy (non-hydrogen) atoms. The molecular formula is C12H22N2O6. The SMILES string of the molecule is CC[C@@H](NC(C)=O)C(=O)O.CC[C@H](NC(C)=O)C(=O)O. The van der Waals surface area contributed by atoms with Gasteiger partial charge in [0.1, 0.15) is 12.1 Å². The minimum Gasteiger partial charge on any atom is -0.480 e. The van der Waals surface area contributed by atoms with Crippen LogP contribution in [0.3, 0.4) is 0 Å². The van der Waals surface area contributed by atoms with Gasteiger partial charge in [-0.2, -0.15) is 0 Å². The van der Waals surface area contributed by atoms with Crippen LogP contribution in [0.2, 0.25) is 0 Å². The van der Waals surface area contributed by atoms with E-state index in [2.05, 4.69) is 10.6 Å². The Hall–Kier alpha value is -2.12. The Balaban J connectivity index is 0. The minimum atomic E-state index is -0.988. The summed E-state index contributed by atoms with van der Waals surface area (Å²) in [6.07, 6.45) is 0.823. The number of hydrogen-bond donors (Lipinski definition) is 4. The van der Waals surface area contributed by atoms with E-state index < -0.39 is 24.0 Å². The summed E-state index contributed by atoms with van der Waals surface area (Å²) in [5.74, 6) is -2.60. The fourth-order valence-electron chi connectivity index (χ4n) is 1.17. The first kappa shape index (κ1) is 20.2. The van der Waals surface area contributed by atoms with Gasteiger partial charge in [0.05, 0.1) is 0 Å². The lowest BCUT2D eigenvalue weighted by atomic mass is 10.2. The lowest BCUT2D eigenvalue weighted by Gasteiger charge is -2.08. The Morgan fingerprint density at radius 1 is 0.800 bits per heavy atom. The molecule has 0 aromatic heterocycles. The molecule has 0 aliphatic heterocycles. The number of carboxylic acid groups (broad SMARTS) is 2. The third-order valence-electron chi connectivity index (χ3n) is 2.17. The second kappa shape index (κ2) is 10.8. The fraction of sp³-hybridized carbons (Fsp3) is 0.667. The van der Waals surface area contributed by atoms with Crippen molar-refractivity contribution in [1.82, 2.24) is 10.6 Å². The van der Waals surface area contributed by atoms with Crippen molar-refractivity contribution >= 4 is 23.8 Å². The summed E-state index contributed by atoms with van der Waals surface area (Å²) in [5, 5.41) is 21.4. The zero-order valence-electron chi connectivity index (χ0n) is 12.1. The molecule has 0 aromatic carbocycles. The van der Waals surface area contributed by atoms with Gasteiger partial charge in [0.15, 0.2) is 0 Å². The third kappa shape index (κ3) is 11.0. The van der Waals surface area contributed by atoms with E-state index in [0.29, 0.717) is 12.8 Å². The summed E-state index contributed by atoms with van der Waals surface area (Å²) in [4.78, 5) is 41.2. The predicted octanol–water partition coefficient (Wildman–Crippen LogP) is -0.0286. The normalized spacial score (nSPS) is 12.2. The first-order valence-corrected chi connectivity index (χ1v) is 6.15. The van der Waals surface area contributed by atoms with Crippen molar-refractivity contribution < 1.29 is 29.4 Å². The van der Waals surface area contributed by atoms with E-state index in [4.69, 9.17) is 10.2 Å². The van der Waals surface area contributed by atoms with Crippen LogP contribution in [0.4, 0.5) is 0 Å². The monoisotopic (exact) mass is 290 g/mol. The zero-order chi connectivity index (χ0) is 16.3. The highest BCUT2D eigenvalue weighted by atomic mass is 16.4. The molecule has 2 amide bonds. The second-order valence-electron chi connectivity index (χ2n) is 4.00. The van der Waals surface area contributed by atoms with Crippen LogP contribution in [0.5, 0.6) is 0 Å². The average Bonchev–Trinajstić information content (AvgIpc) is 2.32. The molecule has 0 bridgehead atoms. The number of aliphatic carboxylic acids is 2. The Kier molecular flexibility index (Phi) is 10.9. The number of carboxylic acids is 2. The molecule has 0 aromatic rings. The summed E-state index contributed by atoms with van der Waals surface area (Å²) in [6.45, 7) is 6.00. The van der Waals surface area contributed by atoms with Crippen molar-refractivity contribution in [1.29, 1.82) is 0 Å². The summed E-state index contributed by atoms with van der Waals surface area (Å²) < 4.78 is 0. The molecule has 8 heteroatoms. The Morgan fingerprint density at radius 2 is 1.05 bits per heavy atom. The lowest BCUT2D eigenvalue weighted by molar-refractivity contribution is -0.142. The summed E-state index contributed by atoms with van der Waals surface area (Å²) in [5.41, 5.74) is 0. The number of amides is 2. The van der Waals surface area contributed by atoms with Crippen molar-refractivity contribution in [2.75, 3.05) is 0 Å². The van der Waals surface area contributed by atoms with Gasteiger partial charge in [0.25, 0.3) is 0 Å². The quantitative estimate of drug-likeness (QED) is 0.543. The van der Waals surface area contributed by atoms with Crippen molar-refractivity contribution in [3.05, 3.63) is 0 Å². The maximum atomic E-state index is 10.3. The topological polar surface area (TPSA) is 133 Å². The average molecular weight is 290 g/mol. The van der Waals surface area contributed by atoms with Crippen molar-refractivity contribution in [3.63, 3.8) is 0 Å². The van der Waals surface area contributed by atoms with E-state index in [1.807, 2.05) is 0 Å². The molecule has 8 nitrogen and oxygen atoms in total. The van der Waals surface area contributed by atoms with Gasteiger partial charge in [0.2, 0.25) is 11.8 Å². The van der Waals surface area contributed by atoms with E-state index in [1.165, 1.54) is 13.8 Å². The first-order chi connectivity index (χ1) is 9.15. The van der Waals surface area contributed by atoms with Crippen LogP contribution in [0.25, 0.3) is 0 Å². The van der Waals surface area contributed by atoms with Crippen LogP contribution in [-0.2, 0) is 19.2 Å². The fourth-order valence-corrected chi connectivity index (χ4v) is 1.17. The molecular weight excluding hydrogens is 268 g/mol. The molecule has 0 spiro atoms. The van der Waals surface area contributed by atoms with Gasteiger partial charge < -0.3 is 20.8 Å². The molecule has 2 atom stereocenters. The standard InChI is InChI=1S/2C6H11NO3/c2*1-3-5(6(9)10)7-4(2)8/h2*5H,3H2,1-2H3,(H,7,8)(H,9,10)/t2*5-/m10/s1. The largest absolute Gasteiger partial charge is 0.480 e. The van der Waals surface area contributed by atoms with E-state index in [1.54, 1.807) is 13.8 Å². The number of hydrogen-bond acceptors (Lipinski definition) is 4. The van der Waals surface area contributed by atoms with Gasteiger partial charge in [0, 0.05) is 13.8 Å². The van der Waals surface area contributed by atoms with Gasteiger partial charge in [-0.05, 0) is 12.8 Å². The predicted molar refractivity (Wildman–Crippen MR) is 71.1 cm³/mol. The smallest absolute Gasteiger partial charge is 0.326 e. The summed E-state index contributed by atoms with van der Waals surface area (Å²) >= 11 is 0. The minimum absolute atomic E-state index is 0.311. The molecule has 0 saturated carbocycles. The Bertz CT molecular complexity index is 322. The van der Waals surface area contributed by atoms with Gasteiger partial charge in [-0.3, -0.25) is 9.59 Å². The molecule has 0 unspecified atom stereocenters. The molecule has 4 N–H and O–H groups in total. The zero-order valence-corrected chi connectivity index (χ0v) is 12.1. The van der Waals surface area contributed by atoms with Crippen LogP contribution < -0.4 is 10.6 Å². The van der Waals surface area contributed by atoms with Crippen LogP contribution in [0.1, 0.15) is 40.5 Å². The maximum Gasteiger partial charge on any atom is 0.326 e. The number of nitrogens with one attached hydrogen (secondary N) is 2. The second-order valence-corrected chi connectivity index (χ2v) is 4.00. The number of carbonyl (C=O) groups excluding carboxylic acids is 2. The molecule has 0 radical (unpaired) electrons. The van der Waals surface area contributed by atoms with E-state index >= 15 is 0 Å². The highest BCUT2D eigenvalue weighted by Gasteiger charge is 2.15. The third-order valence-corrected chi connectivity index (χ3v) is 2.17. The lowest BCUT2D eigenvalue weighted by Crippen LogP contribution is -2.38. The van der Waals surface area contributed by atoms with E-state index in [9.17, 15) is 19.2 Å². The van der Waals surface area contributed by atoms with Gasteiger partial charge in [-0.1, -0.05) is 13.8 Å². The molecule has 0 aliphatic rings. The molecule has 0 saturated heterocycles. The Labute approximate surface area is 117 Å². The molecule has 0 aliphatic carbocycles.